The van der Waals surface area contributed by atoms with E-state index in [9.17, 15) is 0 Å². The van der Waals surface area contributed by atoms with Gasteiger partial charge in [-0.2, -0.15) is 0 Å². The van der Waals surface area contributed by atoms with Gasteiger partial charge < -0.3 is 19.3 Å². The van der Waals surface area contributed by atoms with E-state index in [1.54, 1.807) is 16.9 Å². The average Bonchev–Trinajstić information content (AvgIpc) is 2.71. The summed E-state index contributed by atoms with van der Waals surface area (Å²) in [6.07, 6.45) is 2.48. The number of hydrogen-bond acceptors (Lipinski definition) is 2. The van der Waals surface area contributed by atoms with Crippen LogP contribution in [0.15, 0.2) is 48.5 Å². The molecule has 3 rings (SSSR count). The minimum atomic E-state index is 0.664. The number of hydrogen-bond donors (Lipinski definition) is 2. The Labute approximate surface area is 163 Å². The van der Waals surface area contributed by atoms with E-state index in [1.807, 2.05) is 13.0 Å². The van der Waals surface area contributed by atoms with E-state index < -0.39 is 0 Å². The number of quaternary nitrogens is 2. The highest BCUT2D eigenvalue weighted by Gasteiger charge is 2.23. The summed E-state index contributed by atoms with van der Waals surface area (Å²) < 4.78 is 11.1. The van der Waals surface area contributed by atoms with Gasteiger partial charge in [0.15, 0.2) is 11.5 Å². The lowest BCUT2D eigenvalue weighted by atomic mass is 10.1. The van der Waals surface area contributed by atoms with Crippen molar-refractivity contribution in [1.29, 1.82) is 0 Å². The van der Waals surface area contributed by atoms with Gasteiger partial charge in [0.1, 0.15) is 32.7 Å². The third-order valence-electron chi connectivity index (χ3n) is 5.48. The third-order valence-corrected chi connectivity index (χ3v) is 5.48. The zero-order valence-electron chi connectivity index (χ0n) is 16.8. The number of rotatable bonds is 9. The lowest BCUT2D eigenvalue weighted by molar-refractivity contribution is -1.02. The fourth-order valence-electron chi connectivity index (χ4n) is 3.96. The van der Waals surface area contributed by atoms with Gasteiger partial charge in [-0.05, 0) is 37.1 Å². The number of aryl methyl sites for hydroxylation is 1. The summed E-state index contributed by atoms with van der Waals surface area (Å²) >= 11 is 0. The molecule has 0 spiro atoms. The van der Waals surface area contributed by atoms with Crippen LogP contribution in [0.5, 0.6) is 11.5 Å². The number of benzene rings is 2. The van der Waals surface area contributed by atoms with Gasteiger partial charge >= 0.3 is 0 Å². The maximum absolute atomic E-state index is 5.72. The van der Waals surface area contributed by atoms with E-state index in [0.717, 1.165) is 18.0 Å². The van der Waals surface area contributed by atoms with Crippen LogP contribution in [0.3, 0.4) is 0 Å². The summed E-state index contributed by atoms with van der Waals surface area (Å²) in [6, 6.07) is 17.2. The van der Waals surface area contributed by atoms with Crippen LogP contribution in [0.25, 0.3) is 0 Å². The fraction of sp³-hybridized carbons (Fsp3) is 0.478. The number of methoxy groups -OCH3 is 1. The molecule has 0 aliphatic carbocycles. The number of piperazine rings is 1. The van der Waals surface area contributed by atoms with Gasteiger partial charge in [-0.25, -0.2) is 0 Å². The van der Waals surface area contributed by atoms with Crippen molar-refractivity contribution >= 4 is 0 Å². The quantitative estimate of drug-likeness (QED) is 0.689. The SMILES string of the molecule is CCOc1cc(C[NH+]2CC[NH+](CCCc3ccccc3)CC2)ccc1OC. The highest BCUT2D eigenvalue weighted by atomic mass is 16.5. The van der Waals surface area contributed by atoms with Gasteiger partial charge in [0.2, 0.25) is 0 Å². The number of ether oxygens (including phenoxy) is 2. The Morgan fingerprint density at radius 3 is 2.30 bits per heavy atom. The minimum Gasteiger partial charge on any atom is -0.493 e. The van der Waals surface area contributed by atoms with Crippen molar-refractivity contribution in [2.24, 2.45) is 0 Å². The molecule has 4 nitrogen and oxygen atoms in total. The van der Waals surface area contributed by atoms with Crippen LogP contribution in [0, 0.1) is 0 Å². The Hall–Kier alpha value is -2.04. The Balaban J connectivity index is 1.42. The smallest absolute Gasteiger partial charge is 0.161 e. The molecule has 2 aromatic carbocycles. The van der Waals surface area contributed by atoms with Crippen molar-refractivity contribution in [3.63, 3.8) is 0 Å². The molecule has 0 radical (unpaired) electrons. The zero-order chi connectivity index (χ0) is 18.9. The molecule has 0 bridgehead atoms. The van der Waals surface area contributed by atoms with E-state index in [4.69, 9.17) is 9.47 Å². The van der Waals surface area contributed by atoms with Gasteiger partial charge in [0.25, 0.3) is 0 Å². The maximum Gasteiger partial charge on any atom is 0.161 e. The lowest BCUT2D eigenvalue weighted by Crippen LogP contribution is -3.27. The van der Waals surface area contributed by atoms with E-state index in [2.05, 4.69) is 42.5 Å². The second kappa shape index (κ2) is 10.3. The summed E-state index contributed by atoms with van der Waals surface area (Å²) in [4.78, 5) is 3.44. The molecule has 2 N–H and O–H groups in total. The van der Waals surface area contributed by atoms with E-state index in [0.29, 0.717) is 6.61 Å². The van der Waals surface area contributed by atoms with Gasteiger partial charge in [0, 0.05) is 12.0 Å². The van der Waals surface area contributed by atoms with Gasteiger partial charge in [-0.3, -0.25) is 0 Å². The van der Waals surface area contributed by atoms with Gasteiger partial charge in [-0.1, -0.05) is 30.3 Å². The highest BCUT2D eigenvalue weighted by Crippen LogP contribution is 2.27. The third kappa shape index (κ3) is 5.98. The Bertz CT molecular complexity index is 682. The highest BCUT2D eigenvalue weighted by molar-refractivity contribution is 5.42. The standard InChI is InChI=1S/C23H32N2O2/c1-3-27-23-18-21(11-12-22(23)26-2)19-25-16-14-24(15-17-25)13-7-10-20-8-5-4-6-9-20/h4-6,8-9,11-12,18H,3,7,10,13-17,19H2,1-2H3/p+2. The Kier molecular flexibility index (Phi) is 7.55. The van der Waals surface area contributed by atoms with Crippen molar-refractivity contribution < 1.29 is 19.3 Å². The van der Waals surface area contributed by atoms with Crippen LogP contribution >= 0.6 is 0 Å². The van der Waals surface area contributed by atoms with Gasteiger partial charge in [-0.15, -0.1) is 0 Å². The molecule has 1 fully saturated rings. The molecule has 0 aromatic heterocycles. The molecule has 2 aromatic rings. The van der Waals surface area contributed by atoms with E-state index in [1.165, 1.54) is 56.7 Å². The summed E-state index contributed by atoms with van der Waals surface area (Å²) in [5, 5.41) is 0. The molecule has 0 unspecified atom stereocenters. The molecule has 1 heterocycles. The van der Waals surface area contributed by atoms with Crippen LogP contribution in [-0.4, -0.2) is 46.4 Å². The zero-order valence-corrected chi connectivity index (χ0v) is 16.8. The molecule has 4 heteroatoms. The maximum atomic E-state index is 5.72. The van der Waals surface area contributed by atoms with Crippen molar-refractivity contribution in [2.45, 2.75) is 26.3 Å². The van der Waals surface area contributed by atoms with E-state index in [-0.39, 0.29) is 0 Å². The fourth-order valence-corrected chi connectivity index (χ4v) is 3.96. The molecule has 1 aliphatic heterocycles. The summed E-state index contributed by atoms with van der Waals surface area (Å²) in [5.41, 5.74) is 2.80. The number of nitrogens with one attached hydrogen (secondary N) is 2. The van der Waals surface area contributed by atoms with Crippen molar-refractivity contribution in [2.75, 3.05) is 46.4 Å². The first-order chi connectivity index (χ1) is 13.3. The first-order valence-corrected chi connectivity index (χ1v) is 10.3. The Morgan fingerprint density at radius 2 is 1.59 bits per heavy atom. The van der Waals surface area contributed by atoms with Crippen molar-refractivity contribution in [3.05, 3.63) is 59.7 Å². The molecule has 0 atom stereocenters. The largest absolute Gasteiger partial charge is 0.493 e. The van der Waals surface area contributed by atoms with Crippen molar-refractivity contribution in [1.82, 2.24) is 0 Å². The molecule has 1 saturated heterocycles. The van der Waals surface area contributed by atoms with Gasteiger partial charge in [0.05, 0.1) is 20.3 Å². The first kappa shape index (κ1) is 19.7. The predicted octanol–water partition coefficient (Wildman–Crippen LogP) is 1.01. The van der Waals surface area contributed by atoms with Crippen LogP contribution in [-0.2, 0) is 13.0 Å². The molecule has 1 aliphatic rings. The molecule has 0 amide bonds. The summed E-state index contributed by atoms with van der Waals surface area (Å²) in [6.45, 7) is 10.1. The molecular weight excluding hydrogens is 336 g/mol. The molecule has 27 heavy (non-hydrogen) atoms. The average molecular weight is 371 g/mol. The lowest BCUT2D eigenvalue weighted by Gasteiger charge is -2.30. The van der Waals surface area contributed by atoms with Crippen LogP contribution in [0.2, 0.25) is 0 Å². The molecular formula is C23H34N2O2+2. The van der Waals surface area contributed by atoms with Crippen LogP contribution < -0.4 is 19.3 Å². The van der Waals surface area contributed by atoms with Crippen molar-refractivity contribution in [3.8, 4) is 11.5 Å². The second-order valence-electron chi connectivity index (χ2n) is 7.43. The monoisotopic (exact) mass is 370 g/mol. The van der Waals surface area contributed by atoms with E-state index >= 15 is 0 Å². The minimum absolute atomic E-state index is 0.664. The van der Waals surface area contributed by atoms with Crippen LogP contribution in [0.1, 0.15) is 24.5 Å². The molecule has 0 saturated carbocycles. The summed E-state index contributed by atoms with van der Waals surface area (Å²) in [5.74, 6) is 1.69. The topological polar surface area (TPSA) is 27.3 Å². The second-order valence-corrected chi connectivity index (χ2v) is 7.43. The Morgan fingerprint density at radius 1 is 0.852 bits per heavy atom. The predicted molar refractivity (Wildman–Crippen MR) is 109 cm³/mol. The normalized spacial score (nSPS) is 19.6. The summed E-state index contributed by atoms with van der Waals surface area (Å²) in [7, 11) is 1.70. The van der Waals surface area contributed by atoms with Crippen LogP contribution in [0.4, 0.5) is 0 Å². The molecule has 146 valence electrons. The first-order valence-electron chi connectivity index (χ1n) is 10.3.